The average Bonchev–Trinajstić information content (AvgIpc) is 3.77. The summed E-state index contributed by atoms with van der Waals surface area (Å²) in [6, 6.07) is 0. The lowest BCUT2D eigenvalue weighted by atomic mass is 10.1. The summed E-state index contributed by atoms with van der Waals surface area (Å²) in [6.07, 6.45) is 7.54. The molecule has 4 aliphatic rings. The van der Waals surface area contributed by atoms with E-state index in [0.29, 0.717) is 44.4 Å². The largest absolute Gasteiger partial charge is 0.394 e. The van der Waals surface area contributed by atoms with Crippen LogP contribution in [0.15, 0.2) is 0 Å². The number of nitrogens with two attached hydrogens (primary N) is 1. The molecule has 0 bridgehead atoms. The van der Waals surface area contributed by atoms with Crippen molar-refractivity contribution in [1.29, 1.82) is 0 Å². The highest BCUT2D eigenvalue weighted by molar-refractivity contribution is 7.90. The van der Waals surface area contributed by atoms with Crippen LogP contribution in [0.3, 0.4) is 0 Å². The van der Waals surface area contributed by atoms with Crippen molar-refractivity contribution in [2.45, 2.75) is 267 Å². The number of likely N-dealkylation sites (N-methyl/N-ethyl adjacent to an activating group) is 1. The molecule has 2 amide bonds. The van der Waals surface area contributed by atoms with Crippen LogP contribution in [0, 0.1) is 5.92 Å². The van der Waals surface area contributed by atoms with Gasteiger partial charge >= 0.3 is 0 Å². The minimum atomic E-state index is -2.82. The first kappa shape index (κ1) is 84.8. The van der Waals surface area contributed by atoms with E-state index in [2.05, 4.69) is 67.6 Å². The van der Waals surface area contributed by atoms with Gasteiger partial charge in [-0.2, -0.15) is 0 Å². The molecule has 5 N–H and O–H groups in total. The third-order valence-electron chi connectivity index (χ3n) is 9.54. The van der Waals surface area contributed by atoms with Gasteiger partial charge in [0.25, 0.3) is 0 Å². The molecule has 20 heteroatoms. The molecule has 1 unspecified atom stereocenters. The van der Waals surface area contributed by atoms with Crippen LogP contribution in [0.25, 0.3) is 0 Å². The van der Waals surface area contributed by atoms with E-state index in [1.54, 1.807) is 7.05 Å². The molecule has 0 aromatic rings. The third kappa shape index (κ3) is 76.4. The second-order valence-corrected chi connectivity index (χ2v) is 30.5. The third-order valence-corrected chi connectivity index (χ3v) is 10.6. The van der Waals surface area contributed by atoms with Gasteiger partial charge in [-0.3, -0.25) is 9.59 Å². The van der Waals surface area contributed by atoms with E-state index in [0.717, 1.165) is 78.4 Å². The van der Waals surface area contributed by atoms with Crippen molar-refractivity contribution in [2.24, 2.45) is 11.7 Å². The topological polar surface area (TPSA) is 248 Å². The molecule has 484 valence electrons. The zero-order chi connectivity index (χ0) is 63.5. The van der Waals surface area contributed by atoms with Crippen LogP contribution in [0.4, 0.5) is 0 Å². The number of amides is 2. The Morgan fingerprint density at radius 3 is 1.25 bits per heavy atom. The zero-order valence-corrected chi connectivity index (χ0v) is 56.7. The molecule has 3 saturated heterocycles. The summed E-state index contributed by atoms with van der Waals surface area (Å²) in [7, 11) is -1.23. The van der Waals surface area contributed by atoms with E-state index < -0.39 is 21.3 Å². The molecule has 1 aliphatic carbocycles. The fourth-order valence-electron chi connectivity index (χ4n) is 5.48. The number of nitrogens with one attached hydrogen (secondary N) is 1. The number of sulfone groups is 1. The lowest BCUT2D eigenvalue weighted by Gasteiger charge is -2.30. The number of rotatable bonds is 16. The molecule has 80 heavy (non-hydrogen) atoms. The molecule has 3 heterocycles. The number of aliphatic hydroxyl groups is 2. The van der Waals surface area contributed by atoms with Crippen LogP contribution in [-0.2, 0) is 71.5 Å². The molecule has 4 fully saturated rings. The van der Waals surface area contributed by atoms with Crippen LogP contribution in [0.5, 0.6) is 0 Å². The van der Waals surface area contributed by atoms with E-state index >= 15 is 0 Å². The second-order valence-electron chi connectivity index (χ2n) is 28.3. The van der Waals surface area contributed by atoms with Gasteiger partial charge < -0.3 is 73.4 Å². The van der Waals surface area contributed by atoms with E-state index in [-0.39, 0.29) is 76.3 Å². The molecule has 19 nitrogen and oxygen atoms in total. The number of aliphatic hydroxyl groups excluding tert-OH is 1. The maximum Gasteiger partial charge on any atom is 0.245 e. The van der Waals surface area contributed by atoms with Crippen molar-refractivity contribution >= 4 is 21.7 Å². The number of hydrogen-bond acceptors (Lipinski definition) is 17. The van der Waals surface area contributed by atoms with Crippen LogP contribution < -0.4 is 11.1 Å². The highest BCUT2D eigenvalue weighted by atomic mass is 32.2. The normalized spacial score (nSPS) is 17.8. The Hall–Kier alpha value is -1.63. The molecule has 0 aromatic heterocycles. The van der Waals surface area contributed by atoms with Gasteiger partial charge in [-0.15, -0.1) is 0 Å². The standard InChI is InChI=1S/C9H18O2.C8H18O3S.3C8H16O2.C7H15NO2.C6H13NO2.C6H14O2/c1-9(2,3)11-8-4-6-10-7-5-8;1-8(2,3)11-6-5-7-12(4,9)10;1-8(2,3)10-6-7-4-9-5-7;1-8(2,3)10-7-4-5-9-6-7;1-7(2,3)10-6-8(9)4-5-8;1-7(2,3)10-5-6(9)8-4;1-6(2,3)9-4-5(7)8;1-6(2,3)8-5-4-7/h8H,4-7H2,1-3H3;5-7H2,1-4H3;2*7H,4-6H2,1-3H3;9H,4-6H2,1-3H3;5H2,1-4H3,(H,8,9);4H2,1-3H3,(H2,7,8);7H,4-5H2,1-3H3. The number of carbonyl (C=O) groups excluding carboxylic acids is 2. The summed E-state index contributed by atoms with van der Waals surface area (Å²) in [5.74, 6) is 0.349. The number of ether oxygens (including phenoxy) is 11. The maximum absolute atomic E-state index is 10.7. The SMILES string of the molecule is CC(C)(C)OC1CCOC1.CC(C)(C)OC1CCOCC1.CC(C)(C)OCC(N)=O.CC(C)(C)OCC1(O)CC1.CC(C)(C)OCC1COC1.CC(C)(C)OCCCS(C)(=O)=O.CC(C)(C)OCCO.CNC(=O)COC(C)(C)C. The van der Waals surface area contributed by atoms with Gasteiger partial charge in [0.1, 0.15) is 23.1 Å². The van der Waals surface area contributed by atoms with Gasteiger partial charge in [0, 0.05) is 45.6 Å². The van der Waals surface area contributed by atoms with Crippen molar-refractivity contribution in [3.8, 4) is 0 Å². The molecule has 3 aliphatic heterocycles. The molecular formula is C60H126N2O17S. The van der Waals surface area contributed by atoms with Crippen molar-refractivity contribution < 1.29 is 80.3 Å². The van der Waals surface area contributed by atoms with Gasteiger partial charge in [-0.1, -0.05) is 0 Å². The number of carbonyl (C=O) groups is 2. The Morgan fingerprint density at radius 2 is 0.950 bits per heavy atom. The quantitative estimate of drug-likeness (QED) is 0.105. The van der Waals surface area contributed by atoms with E-state index in [1.807, 2.05) is 104 Å². The van der Waals surface area contributed by atoms with Crippen LogP contribution in [0.2, 0.25) is 0 Å². The van der Waals surface area contributed by atoms with Gasteiger partial charge in [-0.05, 0) is 205 Å². The Kier molecular flexibility index (Phi) is 43.1. The first-order valence-corrected chi connectivity index (χ1v) is 30.8. The van der Waals surface area contributed by atoms with E-state index in [9.17, 15) is 23.1 Å². The molecule has 0 spiro atoms. The van der Waals surface area contributed by atoms with E-state index in [4.69, 9.17) is 62.9 Å². The summed E-state index contributed by atoms with van der Waals surface area (Å²) in [5, 5.41) is 20.1. The Labute approximate surface area is 489 Å². The van der Waals surface area contributed by atoms with Crippen molar-refractivity contribution in [2.75, 3.05) is 105 Å². The predicted octanol–water partition coefficient (Wildman–Crippen LogP) is 9.21. The molecule has 0 radical (unpaired) electrons. The predicted molar refractivity (Wildman–Crippen MR) is 322 cm³/mol. The fraction of sp³-hybridized carbons (Fsp3) is 0.967. The average molecular weight is 1180 g/mol. The number of primary amides is 1. The van der Waals surface area contributed by atoms with Gasteiger partial charge in [0.2, 0.25) is 11.8 Å². The van der Waals surface area contributed by atoms with Crippen molar-refractivity contribution in [1.82, 2.24) is 5.32 Å². The minimum absolute atomic E-state index is 0.00199. The molecule has 1 saturated carbocycles. The zero-order valence-electron chi connectivity index (χ0n) is 55.9. The summed E-state index contributed by atoms with van der Waals surface area (Å²) in [5.41, 5.74) is 3.48. The summed E-state index contributed by atoms with van der Waals surface area (Å²) in [4.78, 5) is 20.8. The lowest BCUT2D eigenvalue weighted by molar-refractivity contribution is -0.130. The minimum Gasteiger partial charge on any atom is -0.394 e. The van der Waals surface area contributed by atoms with Crippen molar-refractivity contribution in [3.63, 3.8) is 0 Å². The van der Waals surface area contributed by atoms with Crippen LogP contribution in [0.1, 0.15) is 205 Å². The van der Waals surface area contributed by atoms with Gasteiger partial charge in [0.15, 0.2) is 0 Å². The van der Waals surface area contributed by atoms with Crippen molar-refractivity contribution in [3.05, 3.63) is 0 Å². The summed E-state index contributed by atoms with van der Waals surface area (Å²) in [6.45, 7) is 55.5. The first-order valence-electron chi connectivity index (χ1n) is 28.7. The monoisotopic (exact) mass is 1180 g/mol. The second kappa shape index (κ2) is 40.6. The highest BCUT2D eigenvalue weighted by Crippen LogP contribution is 2.36. The molecule has 4 rings (SSSR count). The number of hydrogen-bond donors (Lipinski definition) is 4. The summed E-state index contributed by atoms with van der Waals surface area (Å²) >= 11 is 0. The smallest absolute Gasteiger partial charge is 0.245 e. The van der Waals surface area contributed by atoms with Gasteiger partial charge in [-0.25, -0.2) is 8.42 Å². The lowest BCUT2D eigenvalue weighted by Crippen LogP contribution is -2.34. The van der Waals surface area contributed by atoms with Crippen LogP contribution >= 0.6 is 0 Å². The van der Waals surface area contributed by atoms with Gasteiger partial charge in [0.05, 0.1) is 115 Å². The maximum atomic E-state index is 10.7. The Morgan fingerprint density at radius 1 is 0.550 bits per heavy atom. The fourth-order valence-corrected chi connectivity index (χ4v) is 6.12. The van der Waals surface area contributed by atoms with E-state index in [1.165, 1.54) is 6.26 Å². The summed E-state index contributed by atoms with van der Waals surface area (Å²) < 4.78 is 79.9. The Bertz CT molecular complexity index is 1630. The highest BCUT2D eigenvalue weighted by Gasteiger charge is 2.41. The molecule has 1 atom stereocenters. The molecular weight excluding hydrogens is 1050 g/mol. The molecule has 0 aromatic carbocycles. The van der Waals surface area contributed by atoms with Crippen LogP contribution in [-0.4, -0.2) is 198 Å². The Balaban J connectivity index is -0.000000414. The first-order chi connectivity index (χ1) is 35.8.